The van der Waals surface area contributed by atoms with Gasteiger partial charge in [-0.25, -0.2) is 4.39 Å². The van der Waals surface area contributed by atoms with E-state index in [9.17, 15) is 14.0 Å². The number of hydrogen-bond acceptors (Lipinski definition) is 2. The van der Waals surface area contributed by atoms with Gasteiger partial charge in [-0.05, 0) is 49.1 Å². The largest absolute Gasteiger partial charge is 0.356 e. The number of rotatable bonds is 5. The Balaban J connectivity index is 1.48. The number of halogens is 3. The first kappa shape index (κ1) is 20.6. The van der Waals surface area contributed by atoms with Crippen molar-refractivity contribution in [1.82, 2.24) is 10.2 Å². The van der Waals surface area contributed by atoms with Crippen LogP contribution in [0.2, 0.25) is 10.0 Å². The van der Waals surface area contributed by atoms with Crippen LogP contribution >= 0.6 is 23.2 Å². The van der Waals surface area contributed by atoms with Gasteiger partial charge in [0.1, 0.15) is 5.82 Å². The SMILES string of the molecule is O=C(NCCc1ccccc1F)C1CCN(C(=O)c2cc(Cl)ccc2Cl)CC1. The number of amides is 2. The van der Waals surface area contributed by atoms with Crippen molar-refractivity contribution in [2.45, 2.75) is 19.3 Å². The summed E-state index contributed by atoms with van der Waals surface area (Å²) in [7, 11) is 0. The minimum Gasteiger partial charge on any atom is -0.356 e. The standard InChI is InChI=1S/C21H21Cl2FN2O2/c22-16-5-6-18(23)17(13-16)21(28)26-11-8-15(9-12-26)20(27)25-10-7-14-3-1-2-4-19(14)24/h1-6,13,15H,7-12H2,(H,25,27). The van der Waals surface area contributed by atoms with Crippen molar-refractivity contribution in [3.8, 4) is 0 Å². The highest BCUT2D eigenvalue weighted by Gasteiger charge is 2.28. The van der Waals surface area contributed by atoms with E-state index in [1.807, 2.05) is 0 Å². The predicted molar refractivity (Wildman–Crippen MR) is 108 cm³/mol. The van der Waals surface area contributed by atoms with E-state index in [2.05, 4.69) is 5.32 Å². The Bertz CT molecular complexity index is 867. The van der Waals surface area contributed by atoms with Crippen LogP contribution in [0.5, 0.6) is 0 Å². The Labute approximate surface area is 173 Å². The predicted octanol–water partition coefficient (Wildman–Crippen LogP) is 4.34. The number of nitrogens with zero attached hydrogens (tertiary/aromatic N) is 1. The molecule has 28 heavy (non-hydrogen) atoms. The summed E-state index contributed by atoms with van der Waals surface area (Å²) in [6.07, 6.45) is 1.61. The molecule has 0 unspecified atom stereocenters. The van der Waals surface area contributed by atoms with E-state index in [1.165, 1.54) is 6.07 Å². The third-order valence-electron chi connectivity index (χ3n) is 4.96. The lowest BCUT2D eigenvalue weighted by Crippen LogP contribution is -2.43. The van der Waals surface area contributed by atoms with Crippen molar-refractivity contribution >= 4 is 35.0 Å². The van der Waals surface area contributed by atoms with Crippen molar-refractivity contribution in [3.63, 3.8) is 0 Å². The molecular weight excluding hydrogens is 402 g/mol. The Kier molecular flexibility index (Phi) is 6.92. The molecule has 0 radical (unpaired) electrons. The van der Waals surface area contributed by atoms with Crippen LogP contribution in [-0.4, -0.2) is 36.3 Å². The molecule has 1 saturated heterocycles. The van der Waals surface area contributed by atoms with Crippen molar-refractivity contribution in [3.05, 3.63) is 69.5 Å². The van der Waals surface area contributed by atoms with E-state index < -0.39 is 0 Å². The summed E-state index contributed by atoms with van der Waals surface area (Å²) in [4.78, 5) is 26.7. The highest BCUT2D eigenvalue weighted by atomic mass is 35.5. The fraction of sp³-hybridized carbons (Fsp3) is 0.333. The van der Waals surface area contributed by atoms with Crippen molar-refractivity contribution < 1.29 is 14.0 Å². The Morgan fingerprint density at radius 3 is 2.54 bits per heavy atom. The number of benzene rings is 2. The second-order valence-corrected chi connectivity index (χ2v) is 7.67. The molecule has 1 aliphatic rings. The second kappa shape index (κ2) is 9.39. The van der Waals surface area contributed by atoms with Gasteiger partial charge in [0.05, 0.1) is 10.6 Å². The lowest BCUT2D eigenvalue weighted by atomic mass is 9.95. The Morgan fingerprint density at radius 1 is 1.11 bits per heavy atom. The summed E-state index contributed by atoms with van der Waals surface area (Å²) in [5.41, 5.74) is 0.962. The molecule has 4 nitrogen and oxygen atoms in total. The molecule has 1 heterocycles. The molecule has 7 heteroatoms. The molecule has 0 atom stereocenters. The molecule has 1 fully saturated rings. The topological polar surface area (TPSA) is 49.4 Å². The smallest absolute Gasteiger partial charge is 0.255 e. The van der Waals surface area contributed by atoms with E-state index in [0.29, 0.717) is 60.1 Å². The summed E-state index contributed by atoms with van der Waals surface area (Å²) in [5.74, 6) is -0.641. The summed E-state index contributed by atoms with van der Waals surface area (Å²) in [6.45, 7) is 1.34. The van der Waals surface area contributed by atoms with E-state index in [-0.39, 0.29) is 23.5 Å². The quantitative estimate of drug-likeness (QED) is 0.778. The molecule has 0 aromatic heterocycles. The molecule has 2 aromatic rings. The van der Waals surface area contributed by atoms with Crippen LogP contribution in [0, 0.1) is 11.7 Å². The molecule has 0 aliphatic carbocycles. The van der Waals surface area contributed by atoms with Gasteiger partial charge >= 0.3 is 0 Å². The van der Waals surface area contributed by atoms with Crippen LogP contribution in [0.4, 0.5) is 4.39 Å². The Morgan fingerprint density at radius 2 is 1.82 bits per heavy atom. The lowest BCUT2D eigenvalue weighted by molar-refractivity contribution is -0.126. The molecule has 0 saturated carbocycles. The molecule has 1 aliphatic heterocycles. The van der Waals surface area contributed by atoms with Gasteiger partial charge in [0.2, 0.25) is 5.91 Å². The van der Waals surface area contributed by atoms with Gasteiger partial charge < -0.3 is 10.2 Å². The number of piperidine rings is 1. The monoisotopic (exact) mass is 422 g/mol. The Hall–Kier alpha value is -2.11. The van der Waals surface area contributed by atoms with Crippen molar-refractivity contribution in [1.29, 1.82) is 0 Å². The number of likely N-dealkylation sites (tertiary alicyclic amines) is 1. The van der Waals surface area contributed by atoms with Gasteiger partial charge in [-0.3, -0.25) is 9.59 Å². The van der Waals surface area contributed by atoms with Gasteiger partial charge in [-0.2, -0.15) is 0 Å². The van der Waals surface area contributed by atoms with Gasteiger partial charge in [-0.15, -0.1) is 0 Å². The lowest BCUT2D eigenvalue weighted by Gasteiger charge is -2.31. The fourth-order valence-electron chi connectivity index (χ4n) is 3.34. The maximum absolute atomic E-state index is 13.6. The van der Waals surface area contributed by atoms with Gasteiger partial charge in [0, 0.05) is 30.6 Å². The minimum atomic E-state index is -0.261. The van der Waals surface area contributed by atoms with Gasteiger partial charge in [0.25, 0.3) is 5.91 Å². The third-order valence-corrected chi connectivity index (χ3v) is 5.53. The number of nitrogens with one attached hydrogen (secondary N) is 1. The van der Waals surface area contributed by atoms with E-state index in [1.54, 1.807) is 41.3 Å². The number of carbonyl (C=O) groups is 2. The summed E-state index contributed by atoms with van der Waals surface area (Å²) in [5, 5.41) is 3.69. The van der Waals surface area contributed by atoms with E-state index in [4.69, 9.17) is 23.2 Å². The number of carbonyl (C=O) groups excluding carboxylic acids is 2. The van der Waals surface area contributed by atoms with Crippen LogP contribution in [0.25, 0.3) is 0 Å². The zero-order valence-corrected chi connectivity index (χ0v) is 16.8. The highest BCUT2D eigenvalue weighted by Crippen LogP contribution is 2.25. The first-order valence-corrected chi connectivity index (χ1v) is 9.96. The van der Waals surface area contributed by atoms with Crippen LogP contribution in [0.1, 0.15) is 28.8 Å². The van der Waals surface area contributed by atoms with Crippen LogP contribution in [0.15, 0.2) is 42.5 Å². The molecule has 2 aromatic carbocycles. The minimum absolute atomic E-state index is 0.0516. The molecule has 1 N–H and O–H groups in total. The average molecular weight is 423 g/mol. The van der Waals surface area contributed by atoms with Crippen LogP contribution in [-0.2, 0) is 11.2 Å². The first-order valence-electron chi connectivity index (χ1n) is 9.21. The zero-order valence-electron chi connectivity index (χ0n) is 15.3. The summed E-state index contributed by atoms with van der Waals surface area (Å²) in [6, 6.07) is 11.4. The second-order valence-electron chi connectivity index (χ2n) is 6.82. The molecule has 3 rings (SSSR count). The molecule has 0 bridgehead atoms. The van der Waals surface area contributed by atoms with Gasteiger partial charge in [-0.1, -0.05) is 41.4 Å². The fourth-order valence-corrected chi connectivity index (χ4v) is 3.71. The highest BCUT2D eigenvalue weighted by molar-refractivity contribution is 6.35. The molecule has 148 valence electrons. The third kappa shape index (κ3) is 5.03. The maximum Gasteiger partial charge on any atom is 0.255 e. The zero-order chi connectivity index (χ0) is 20.1. The maximum atomic E-state index is 13.6. The number of hydrogen-bond donors (Lipinski definition) is 1. The molecular formula is C21H21Cl2FN2O2. The van der Waals surface area contributed by atoms with Crippen molar-refractivity contribution in [2.24, 2.45) is 5.92 Å². The van der Waals surface area contributed by atoms with Gasteiger partial charge in [0.15, 0.2) is 0 Å². The van der Waals surface area contributed by atoms with E-state index in [0.717, 1.165) is 0 Å². The summed E-state index contributed by atoms with van der Waals surface area (Å²) < 4.78 is 13.6. The van der Waals surface area contributed by atoms with E-state index >= 15 is 0 Å². The van der Waals surface area contributed by atoms with Crippen LogP contribution in [0.3, 0.4) is 0 Å². The summed E-state index contributed by atoms with van der Waals surface area (Å²) >= 11 is 12.1. The van der Waals surface area contributed by atoms with Crippen molar-refractivity contribution in [2.75, 3.05) is 19.6 Å². The molecule has 2 amide bonds. The molecule has 0 spiro atoms. The average Bonchev–Trinajstić information content (AvgIpc) is 2.71. The van der Waals surface area contributed by atoms with Crippen LogP contribution < -0.4 is 5.32 Å². The normalized spacial score (nSPS) is 14.8. The first-order chi connectivity index (χ1) is 13.5.